The number of benzene rings is 1. The topological polar surface area (TPSA) is 32.8 Å². The van der Waals surface area contributed by atoms with E-state index >= 15 is 0 Å². The minimum atomic E-state index is -0.160. The van der Waals surface area contributed by atoms with Crippen molar-refractivity contribution in [2.45, 2.75) is 26.2 Å². The molecular formula is C17H20N2O2S. The molecule has 2 saturated heterocycles. The number of carbonyl (C=O) groups excluding carboxylic acids is 1. The molecule has 0 unspecified atom stereocenters. The SMILES string of the molecule is CCN1C(=O)C(=Cc2ccc(N3CCCCC3)cc2)OC1=S. The van der Waals surface area contributed by atoms with E-state index in [0.29, 0.717) is 12.3 Å². The molecule has 0 N–H and O–H groups in total. The van der Waals surface area contributed by atoms with Gasteiger partial charge in [-0.3, -0.25) is 9.69 Å². The lowest BCUT2D eigenvalue weighted by Gasteiger charge is -2.28. The Balaban J connectivity index is 1.74. The Morgan fingerprint density at radius 1 is 1.18 bits per heavy atom. The Bertz CT molecular complexity index is 604. The largest absolute Gasteiger partial charge is 0.426 e. The number of carbonyl (C=O) groups is 1. The van der Waals surface area contributed by atoms with Gasteiger partial charge in [0.25, 0.3) is 11.1 Å². The molecule has 1 aromatic rings. The highest BCUT2D eigenvalue weighted by atomic mass is 32.1. The Morgan fingerprint density at radius 3 is 2.45 bits per heavy atom. The maximum Gasteiger partial charge on any atom is 0.297 e. The number of likely N-dealkylation sites (N-methyl/N-ethyl adjacent to an activating group) is 1. The lowest BCUT2D eigenvalue weighted by Crippen LogP contribution is -2.29. The van der Waals surface area contributed by atoms with E-state index < -0.39 is 0 Å². The van der Waals surface area contributed by atoms with Gasteiger partial charge >= 0.3 is 0 Å². The van der Waals surface area contributed by atoms with Gasteiger partial charge in [-0.1, -0.05) is 12.1 Å². The summed E-state index contributed by atoms with van der Waals surface area (Å²) in [6.07, 6.45) is 5.61. The maximum absolute atomic E-state index is 12.1. The van der Waals surface area contributed by atoms with Crippen molar-refractivity contribution in [1.82, 2.24) is 4.90 Å². The molecule has 4 nitrogen and oxygen atoms in total. The number of hydrogen-bond donors (Lipinski definition) is 0. The van der Waals surface area contributed by atoms with Gasteiger partial charge in [-0.15, -0.1) is 0 Å². The Hall–Kier alpha value is -1.88. The van der Waals surface area contributed by atoms with E-state index in [2.05, 4.69) is 17.0 Å². The summed E-state index contributed by atoms with van der Waals surface area (Å²) in [5.74, 6) is 0.144. The minimum Gasteiger partial charge on any atom is -0.426 e. The predicted molar refractivity (Wildman–Crippen MR) is 91.6 cm³/mol. The Labute approximate surface area is 136 Å². The molecule has 0 aromatic heterocycles. The molecule has 22 heavy (non-hydrogen) atoms. The van der Waals surface area contributed by atoms with Crippen LogP contribution in [-0.2, 0) is 9.53 Å². The monoisotopic (exact) mass is 316 g/mol. The summed E-state index contributed by atoms with van der Waals surface area (Å²) >= 11 is 5.05. The summed E-state index contributed by atoms with van der Waals surface area (Å²) < 4.78 is 5.39. The van der Waals surface area contributed by atoms with Gasteiger partial charge in [-0.2, -0.15) is 0 Å². The van der Waals surface area contributed by atoms with Gasteiger partial charge in [0.1, 0.15) is 0 Å². The third kappa shape index (κ3) is 2.99. The van der Waals surface area contributed by atoms with Crippen molar-refractivity contribution >= 4 is 35.1 Å². The first-order valence-corrected chi connectivity index (χ1v) is 8.20. The summed E-state index contributed by atoms with van der Waals surface area (Å²) in [5.41, 5.74) is 2.19. The highest BCUT2D eigenvalue weighted by Crippen LogP contribution is 2.23. The van der Waals surface area contributed by atoms with E-state index in [4.69, 9.17) is 17.0 Å². The van der Waals surface area contributed by atoms with Crippen LogP contribution in [0, 0.1) is 0 Å². The van der Waals surface area contributed by atoms with E-state index in [1.54, 1.807) is 6.08 Å². The number of piperidine rings is 1. The van der Waals surface area contributed by atoms with Crippen LogP contribution in [0.15, 0.2) is 30.0 Å². The average molecular weight is 316 g/mol. The number of rotatable bonds is 3. The molecule has 0 atom stereocenters. The molecular weight excluding hydrogens is 296 g/mol. The molecule has 0 saturated carbocycles. The summed E-state index contributed by atoms with van der Waals surface area (Å²) in [6.45, 7) is 4.66. The van der Waals surface area contributed by atoms with Gasteiger partial charge in [0.05, 0.1) is 0 Å². The standard InChI is InChI=1S/C17H20N2O2S/c1-2-19-16(20)15(21-17(19)22)12-13-6-8-14(9-7-13)18-10-4-3-5-11-18/h6-9,12H,2-5,10-11H2,1H3. The van der Waals surface area contributed by atoms with Gasteiger partial charge in [0, 0.05) is 25.3 Å². The molecule has 0 radical (unpaired) electrons. The fourth-order valence-electron chi connectivity index (χ4n) is 2.86. The second kappa shape index (κ2) is 6.48. The van der Waals surface area contributed by atoms with E-state index in [1.807, 2.05) is 19.1 Å². The van der Waals surface area contributed by atoms with Crippen LogP contribution in [0.4, 0.5) is 5.69 Å². The van der Waals surface area contributed by atoms with Crippen molar-refractivity contribution in [3.05, 3.63) is 35.6 Å². The first-order chi connectivity index (χ1) is 10.7. The molecule has 0 aliphatic carbocycles. The summed E-state index contributed by atoms with van der Waals surface area (Å²) in [5, 5.41) is 0.240. The zero-order chi connectivity index (χ0) is 15.5. The van der Waals surface area contributed by atoms with Crippen LogP contribution in [0.2, 0.25) is 0 Å². The minimum absolute atomic E-state index is 0.160. The molecule has 0 spiro atoms. The summed E-state index contributed by atoms with van der Waals surface area (Å²) in [6, 6.07) is 8.25. The van der Waals surface area contributed by atoms with Crippen molar-refractivity contribution in [3.63, 3.8) is 0 Å². The van der Waals surface area contributed by atoms with E-state index in [-0.39, 0.29) is 11.1 Å². The zero-order valence-corrected chi connectivity index (χ0v) is 13.6. The van der Waals surface area contributed by atoms with Crippen LogP contribution >= 0.6 is 12.2 Å². The van der Waals surface area contributed by atoms with Gasteiger partial charge < -0.3 is 9.64 Å². The van der Waals surface area contributed by atoms with Crippen LogP contribution < -0.4 is 4.90 Å². The number of ether oxygens (including phenoxy) is 1. The normalized spacial score (nSPS) is 20.7. The third-order valence-corrected chi connectivity index (χ3v) is 4.41. The first-order valence-electron chi connectivity index (χ1n) is 7.79. The van der Waals surface area contributed by atoms with Gasteiger partial charge in [0.2, 0.25) is 0 Å². The van der Waals surface area contributed by atoms with Crippen molar-refractivity contribution in [2.75, 3.05) is 24.5 Å². The molecule has 3 rings (SSSR count). The molecule has 1 aromatic carbocycles. The summed E-state index contributed by atoms with van der Waals surface area (Å²) in [4.78, 5) is 16.0. The van der Waals surface area contributed by atoms with Crippen LogP contribution in [0.1, 0.15) is 31.7 Å². The first kappa shape index (κ1) is 15.0. The number of hydrogen-bond acceptors (Lipinski definition) is 4. The van der Waals surface area contributed by atoms with Crippen molar-refractivity contribution in [2.24, 2.45) is 0 Å². The van der Waals surface area contributed by atoms with Crippen LogP contribution in [0.5, 0.6) is 0 Å². The smallest absolute Gasteiger partial charge is 0.297 e. The van der Waals surface area contributed by atoms with E-state index in [9.17, 15) is 4.79 Å². The Morgan fingerprint density at radius 2 is 1.86 bits per heavy atom. The Kier molecular flexibility index (Phi) is 4.43. The quantitative estimate of drug-likeness (QED) is 0.633. The third-order valence-electron chi connectivity index (χ3n) is 4.10. The number of thiocarbonyl (C=S) groups is 1. The fourth-order valence-corrected chi connectivity index (χ4v) is 3.16. The molecule has 1 amide bonds. The van der Waals surface area contributed by atoms with E-state index in [1.165, 1.54) is 29.8 Å². The number of anilines is 1. The average Bonchev–Trinajstić information content (AvgIpc) is 2.82. The second-order valence-electron chi connectivity index (χ2n) is 5.57. The van der Waals surface area contributed by atoms with Gasteiger partial charge in [0.15, 0.2) is 5.76 Å². The summed E-state index contributed by atoms with van der Waals surface area (Å²) in [7, 11) is 0. The van der Waals surface area contributed by atoms with Crippen LogP contribution in [-0.4, -0.2) is 35.6 Å². The molecule has 5 heteroatoms. The highest BCUT2D eigenvalue weighted by Gasteiger charge is 2.31. The molecule has 2 fully saturated rings. The van der Waals surface area contributed by atoms with Crippen molar-refractivity contribution < 1.29 is 9.53 Å². The van der Waals surface area contributed by atoms with Crippen LogP contribution in [0.3, 0.4) is 0 Å². The van der Waals surface area contributed by atoms with Crippen LogP contribution in [0.25, 0.3) is 6.08 Å². The van der Waals surface area contributed by atoms with E-state index in [0.717, 1.165) is 18.7 Å². The lowest BCUT2D eigenvalue weighted by molar-refractivity contribution is -0.122. The molecule has 2 heterocycles. The second-order valence-corrected chi connectivity index (χ2v) is 5.91. The highest BCUT2D eigenvalue weighted by molar-refractivity contribution is 7.80. The molecule has 0 bridgehead atoms. The predicted octanol–water partition coefficient (Wildman–Crippen LogP) is 3.18. The maximum atomic E-state index is 12.1. The fraction of sp³-hybridized carbons (Fsp3) is 0.412. The lowest BCUT2D eigenvalue weighted by atomic mass is 10.1. The number of amides is 1. The molecule has 2 aliphatic rings. The van der Waals surface area contributed by atoms with Gasteiger partial charge in [-0.25, -0.2) is 0 Å². The van der Waals surface area contributed by atoms with Crippen molar-refractivity contribution in [3.8, 4) is 0 Å². The van der Waals surface area contributed by atoms with Crippen molar-refractivity contribution in [1.29, 1.82) is 0 Å². The van der Waals surface area contributed by atoms with Gasteiger partial charge in [-0.05, 0) is 62.2 Å². The molecule has 2 aliphatic heterocycles. The number of nitrogens with zero attached hydrogens (tertiary/aromatic N) is 2. The molecule has 116 valence electrons. The zero-order valence-electron chi connectivity index (χ0n) is 12.7.